The molecule has 2 aliphatic rings. The molecule has 0 bridgehead atoms. The van der Waals surface area contributed by atoms with Crippen molar-refractivity contribution in [3.8, 4) is 5.75 Å². The predicted molar refractivity (Wildman–Crippen MR) is 123 cm³/mol. The third-order valence-electron chi connectivity index (χ3n) is 7.03. The van der Waals surface area contributed by atoms with E-state index >= 15 is 0 Å². The van der Waals surface area contributed by atoms with Crippen LogP contribution < -0.4 is 10.1 Å². The molecule has 0 spiro atoms. The molecule has 3 N–H and O–H groups in total. The van der Waals surface area contributed by atoms with Crippen molar-refractivity contribution in [1.29, 1.82) is 0 Å². The molecule has 8 nitrogen and oxygen atoms in total. The molecular formula is C26H24N2O6. The van der Waals surface area contributed by atoms with Gasteiger partial charge in [0.2, 0.25) is 11.8 Å². The van der Waals surface area contributed by atoms with Gasteiger partial charge in [-0.3, -0.25) is 24.6 Å². The average molecular weight is 460 g/mol. The molecule has 4 atom stereocenters. The van der Waals surface area contributed by atoms with Crippen molar-refractivity contribution in [2.24, 2.45) is 11.8 Å². The molecule has 2 aliphatic heterocycles. The van der Waals surface area contributed by atoms with E-state index in [1.54, 1.807) is 31.4 Å². The lowest BCUT2D eigenvalue weighted by atomic mass is 9.79. The molecule has 0 saturated carbocycles. The Bertz CT molecular complexity index is 1290. The topological polar surface area (TPSA) is 116 Å². The summed E-state index contributed by atoms with van der Waals surface area (Å²) in [7, 11) is 1.56. The monoisotopic (exact) mass is 460 g/mol. The van der Waals surface area contributed by atoms with Gasteiger partial charge in [0.25, 0.3) is 0 Å². The van der Waals surface area contributed by atoms with Crippen LogP contribution in [0.1, 0.15) is 17.2 Å². The Hall–Kier alpha value is -3.75. The number of nitrogens with one attached hydrogen (secondary N) is 1. The first-order valence-electron chi connectivity index (χ1n) is 11.0. The number of likely N-dealkylation sites (tertiary alicyclic amines) is 1. The van der Waals surface area contributed by atoms with Crippen LogP contribution in [-0.2, 0) is 20.9 Å². The molecule has 4 unspecified atom stereocenters. The maximum atomic E-state index is 13.6. The molecule has 0 aromatic heterocycles. The van der Waals surface area contributed by atoms with Gasteiger partial charge in [-0.1, -0.05) is 60.7 Å². The van der Waals surface area contributed by atoms with Gasteiger partial charge in [0, 0.05) is 11.4 Å². The maximum absolute atomic E-state index is 13.6. The number of carboxylic acid groups (broad SMARTS) is 1. The van der Waals surface area contributed by atoms with Gasteiger partial charge in [0.15, 0.2) is 5.54 Å². The zero-order chi connectivity index (χ0) is 24.0. The van der Waals surface area contributed by atoms with Gasteiger partial charge in [-0.25, -0.2) is 0 Å². The number of benzene rings is 3. The number of aliphatic carboxylic acids is 1. The third kappa shape index (κ3) is 3.10. The molecule has 2 fully saturated rings. The molecule has 5 rings (SSSR count). The second kappa shape index (κ2) is 8.23. The third-order valence-corrected chi connectivity index (χ3v) is 7.03. The number of hydrogen-bond donors (Lipinski definition) is 3. The van der Waals surface area contributed by atoms with Gasteiger partial charge in [-0.15, -0.1) is 0 Å². The number of aliphatic hydroxyl groups is 1. The van der Waals surface area contributed by atoms with E-state index in [9.17, 15) is 24.6 Å². The zero-order valence-corrected chi connectivity index (χ0v) is 18.5. The zero-order valence-electron chi connectivity index (χ0n) is 18.5. The van der Waals surface area contributed by atoms with Gasteiger partial charge in [0.05, 0.1) is 32.1 Å². The highest BCUT2D eigenvalue weighted by Gasteiger charge is 2.68. The predicted octanol–water partition coefficient (Wildman–Crippen LogP) is 2.11. The van der Waals surface area contributed by atoms with E-state index in [4.69, 9.17) is 4.74 Å². The van der Waals surface area contributed by atoms with Gasteiger partial charge in [0.1, 0.15) is 5.75 Å². The lowest BCUT2D eigenvalue weighted by Crippen LogP contribution is -2.58. The second-order valence-corrected chi connectivity index (χ2v) is 8.71. The van der Waals surface area contributed by atoms with Crippen LogP contribution in [0.15, 0.2) is 66.7 Å². The summed E-state index contributed by atoms with van der Waals surface area (Å²) in [5, 5.41) is 24.9. The van der Waals surface area contributed by atoms with Crippen LogP contribution in [0.4, 0.5) is 0 Å². The normalized spacial score (nSPS) is 26.2. The van der Waals surface area contributed by atoms with Crippen molar-refractivity contribution in [2.75, 3.05) is 13.7 Å². The summed E-state index contributed by atoms with van der Waals surface area (Å²) in [6.45, 7) is -0.783. The molecule has 2 amide bonds. The molecule has 2 saturated heterocycles. The van der Waals surface area contributed by atoms with Crippen molar-refractivity contribution in [3.05, 3.63) is 77.9 Å². The van der Waals surface area contributed by atoms with E-state index in [0.29, 0.717) is 11.3 Å². The molecule has 174 valence electrons. The van der Waals surface area contributed by atoms with Crippen LogP contribution in [0, 0.1) is 11.8 Å². The van der Waals surface area contributed by atoms with Crippen molar-refractivity contribution >= 4 is 28.6 Å². The fraction of sp³-hybridized carbons (Fsp3) is 0.269. The Labute approximate surface area is 195 Å². The first kappa shape index (κ1) is 22.1. The Kier molecular flexibility index (Phi) is 5.34. The number of aliphatic hydroxyl groups excluding tert-OH is 1. The molecule has 3 aromatic rings. The molecule has 0 radical (unpaired) electrons. The van der Waals surface area contributed by atoms with E-state index in [-0.39, 0.29) is 6.54 Å². The quantitative estimate of drug-likeness (QED) is 0.483. The summed E-state index contributed by atoms with van der Waals surface area (Å²) in [5.41, 5.74) is -0.548. The first-order valence-corrected chi connectivity index (χ1v) is 11.0. The van der Waals surface area contributed by atoms with Crippen LogP contribution in [0.25, 0.3) is 10.8 Å². The standard InChI is InChI=1S/C26H24N2O6/c1-34-19-12-11-18(16-9-5-6-10-17(16)19)22-20-21(26(14-29,27-22)25(32)33)24(31)28(23(20)30)13-15-7-3-2-4-8-15/h2-12,20-22,27,29H,13-14H2,1H3,(H,32,33). The highest BCUT2D eigenvalue weighted by Crippen LogP contribution is 2.50. The summed E-state index contributed by atoms with van der Waals surface area (Å²) in [4.78, 5) is 40.7. The van der Waals surface area contributed by atoms with Crippen LogP contribution >= 0.6 is 0 Å². The lowest BCUT2D eigenvalue weighted by Gasteiger charge is -2.29. The number of rotatable bonds is 6. The highest BCUT2D eigenvalue weighted by molar-refractivity contribution is 6.09. The molecule has 3 aromatic carbocycles. The summed E-state index contributed by atoms with van der Waals surface area (Å²) in [6.07, 6.45) is 0. The van der Waals surface area contributed by atoms with Crippen LogP contribution in [-0.4, -0.2) is 52.2 Å². The maximum Gasteiger partial charge on any atom is 0.327 e. The summed E-state index contributed by atoms with van der Waals surface area (Å²) in [5.74, 6) is -3.99. The molecule has 2 heterocycles. The summed E-state index contributed by atoms with van der Waals surface area (Å²) >= 11 is 0. The van der Waals surface area contributed by atoms with E-state index in [2.05, 4.69) is 5.32 Å². The molecule has 8 heteroatoms. The van der Waals surface area contributed by atoms with Crippen molar-refractivity contribution < 1.29 is 29.3 Å². The number of amides is 2. The van der Waals surface area contributed by atoms with E-state index in [0.717, 1.165) is 21.2 Å². The summed E-state index contributed by atoms with van der Waals surface area (Å²) in [6, 6.07) is 19.3. The van der Waals surface area contributed by atoms with E-state index < -0.39 is 47.8 Å². The molecular weight excluding hydrogens is 436 g/mol. The van der Waals surface area contributed by atoms with Crippen LogP contribution in [0.5, 0.6) is 5.75 Å². The SMILES string of the molecule is COc1ccc(C2NC(CO)(C(=O)O)C3C(=O)N(Cc4ccccc4)C(=O)C23)c2ccccc12. The fourth-order valence-electron chi connectivity index (χ4n) is 5.41. The Morgan fingerprint density at radius 3 is 2.32 bits per heavy atom. The van der Waals surface area contributed by atoms with Crippen LogP contribution in [0.2, 0.25) is 0 Å². The number of carboxylic acids is 1. The smallest absolute Gasteiger partial charge is 0.327 e. The summed E-state index contributed by atoms with van der Waals surface area (Å²) < 4.78 is 5.47. The Balaban J connectivity index is 1.65. The van der Waals surface area contributed by atoms with Crippen molar-refractivity contribution in [1.82, 2.24) is 10.2 Å². The average Bonchev–Trinajstić information content (AvgIpc) is 3.34. The largest absolute Gasteiger partial charge is 0.496 e. The van der Waals surface area contributed by atoms with E-state index in [1.165, 1.54) is 0 Å². The van der Waals surface area contributed by atoms with Gasteiger partial charge in [-0.2, -0.15) is 0 Å². The molecule has 0 aliphatic carbocycles. The number of carbonyl (C=O) groups excluding carboxylic acids is 2. The second-order valence-electron chi connectivity index (χ2n) is 8.71. The number of fused-ring (bicyclic) bond motifs is 2. The number of carbonyl (C=O) groups is 3. The lowest BCUT2D eigenvalue weighted by molar-refractivity contribution is -0.153. The number of imide groups is 1. The van der Waals surface area contributed by atoms with E-state index in [1.807, 2.05) is 42.5 Å². The minimum absolute atomic E-state index is 0.0444. The number of methoxy groups -OCH3 is 1. The van der Waals surface area contributed by atoms with Crippen LogP contribution in [0.3, 0.4) is 0 Å². The van der Waals surface area contributed by atoms with Crippen molar-refractivity contribution in [3.63, 3.8) is 0 Å². The first-order chi connectivity index (χ1) is 16.4. The number of ether oxygens (including phenoxy) is 1. The van der Waals surface area contributed by atoms with Crippen molar-refractivity contribution in [2.45, 2.75) is 18.1 Å². The Morgan fingerprint density at radius 1 is 1.00 bits per heavy atom. The fourth-order valence-corrected chi connectivity index (χ4v) is 5.41. The highest BCUT2D eigenvalue weighted by atomic mass is 16.5. The number of hydrogen-bond acceptors (Lipinski definition) is 6. The minimum Gasteiger partial charge on any atom is -0.496 e. The molecule has 34 heavy (non-hydrogen) atoms. The number of nitrogens with zero attached hydrogens (tertiary/aromatic N) is 1. The minimum atomic E-state index is -1.98. The van der Waals surface area contributed by atoms with Gasteiger partial charge < -0.3 is 14.9 Å². The Morgan fingerprint density at radius 2 is 1.68 bits per heavy atom. The van der Waals surface area contributed by atoms with Gasteiger partial charge >= 0.3 is 5.97 Å². The van der Waals surface area contributed by atoms with Gasteiger partial charge in [-0.05, 0) is 22.6 Å².